The van der Waals surface area contributed by atoms with Crippen molar-refractivity contribution in [1.29, 1.82) is 0 Å². The zero-order valence-electron chi connectivity index (χ0n) is 14.8. The summed E-state index contributed by atoms with van der Waals surface area (Å²) in [5, 5.41) is 2.62. The Balaban J connectivity index is 1.79. The van der Waals surface area contributed by atoms with Crippen molar-refractivity contribution >= 4 is 23.6 Å². The summed E-state index contributed by atoms with van der Waals surface area (Å²) in [5.74, 6) is 0.827. The van der Waals surface area contributed by atoms with E-state index in [1.165, 1.54) is 32.4 Å². The van der Waals surface area contributed by atoms with Gasteiger partial charge in [0.05, 0.1) is 25.5 Å². The Labute approximate surface area is 155 Å². The van der Waals surface area contributed by atoms with Gasteiger partial charge in [-0.1, -0.05) is 6.07 Å². The molecule has 0 aromatic heterocycles. The van der Waals surface area contributed by atoms with Crippen molar-refractivity contribution in [1.82, 2.24) is 0 Å². The molecule has 0 aliphatic carbocycles. The second-order valence-electron chi connectivity index (χ2n) is 5.55. The van der Waals surface area contributed by atoms with Gasteiger partial charge in [-0.25, -0.2) is 0 Å². The normalized spacial score (nSPS) is 12.1. The number of carbonyl (C=O) groups is 2. The molecule has 8 heteroatoms. The Morgan fingerprint density at radius 1 is 1.07 bits per heavy atom. The number of amides is 2. The van der Waals surface area contributed by atoms with Gasteiger partial charge in [0.1, 0.15) is 0 Å². The van der Waals surface area contributed by atoms with Crippen LogP contribution >= 0.6 is 0 Å². The third-order valence-electron chi connectivity index (χ3n) is 3.87. The monoisotopic (exact) mass is 370 g/mol. The summed E-state index contributed by atoms with van der Waals surface area (Å²) in [7, 11) is 2.89. The highest BCUT2D eigenvalue weighted by Crippen LogP contribution is 2.34. The summed E-state index contributed by atoms with van der Waals surface area (Å²) in [4.78, 5) is 24.0. The van der Waals surface area contributed by atoms with Crippen molar-refractivity contribution in [2.45, 2.75) is 0 Å². The van der Waals surface area contributed by atoms with E-state index in [0.29, 0.717) is 23.0 Å². The predicted molar refractivity (Wildman–Crippen MR) is 98.3 cm³/mol. The number of ether oxygens (including phenoxy) is 4. The van der Waals surface area contributed by atoms with Gasteiger partial charge in [0.15, 0.2) is 23.0 Å². The number of primary amides is 1. The molecule has 0 bridgehead atoms. The van der Waals surface area contributed by atoms with Gasteiger partial charge in [0.25, 0.3) is 5.91 Å². The molecule has 27 heavy (non-hydrogen) atoms. The molecule has 2 aromatic carbocycles. The van der Waals surface area contributed by atoms with Crippen LogP contribution in [0.5, 0.6) is 23.0 Å². The second-order valence-corrected chi connectivity index (χ2v) is 5.55. The van der Waals surface area contributed by atoms with Gasteiger partial charge >= 0.3 is 0 Å². The smallest absolute Gasteiger partial charge is 0.250 e. The minimum Gasteiger partial charge on any atom is -0.493 e. The fourth-order valence-electron chi connectivity index (χ4n) is 2.55. The molecule has 0 fully saturated rings. The van der Waals surface area contributed by atoms with Gasteiger partial charge in [-0.2, -0.15) is 0 Å². The minimum atomic E-state index is -0.703. The van der Waals surface area contributed by atoms with Crippen LogP contribution in [0.3, 0.4) is 0 Å². The maximum atomic E-state index is 12.3. The number of hydrogen-bond acceptors (Lipinski definition) is 6. The highest BCUT2D eigenvalue weighted by molar-refractivity contribution is 6.07. The van der Waals surface area contributed by atoms with Crippen molar-refractivity contribution in [2.75, 3.05) is 26.3 Å². The van der Waals surface area contributed by atoms with Crippen LogP contribution < -0.4 is 30.0 Å². The first kappa shape index (κ1) is 18.1. The molecule has 1 heterocycles. The van der Waals surface area contributed by atoms with E-state index >= 15 is 0 Å². The number of rotatable bonds is 6. The number of nitrogens with two attached hydrogens (primary N) is 1. The molecule has 0 spiro atoms. The van der Waals surface area contributed by atoms with Gasteiger partial charge in [0.2, 0.25) is 12.7 Å². The summed E-state index contributed by atoms with van der Waals surface area (Å²) in [6.07, 6.45) is 2.95. The Kier molecular flexibility index (Phi) is 5.16. The Morgan fingerprint density at radius 3 is 2.48 bits per heavy atom. The molecule has 140 valence electrons. The van der Waals surface area contributed by atoms with Crippen LogP contribution in [0.1, 0.15) is 15.9 Å². The van der Waals surface area contributed by atoms with E-state index in [2.05, 4.69) is 5.32 Å². The van der Waals surface area contributed by atoms with Gasteiger partial charge in [-0.15, -0.1) is 0 Å². The maximum absolute atomic E-state index is 12.3. The summed E-state index contributed by atoms with van der Waals surface area (Å²) < 4.78 is 20.9. The zero-order valence-corrected chi connectivity index (χ0v) is 14.8. The average molecular weight is 370 g/mol. The summed E-state index contributed by atoms with van der Waals surface area (Å²) >= 11 is 0. The topological polar surface area (TPSA) is 109 Å². The quantitative estimate of drug-likeness (QED) is 0.755. The van der Waals surface area contributed by atoms with E-state index in [1.54, 1.807) is 24.3 Å². The molecule has 0 unspecified atom stereocenters. The molecule has 0 atom stereocenters. The highest BCUT2D eigenvalue weighted by atomic mass is 16.7. The van der Waals surface area contributed by atoms with Gasteiger partial charge in [-0.05, 0) is 29.8 Å². The van der Waals surface area contributed by atoms with E-state index in [9.17, 15) is 9.59 Å². The van der Waals surface area contributed by atoms with Crippen LogP contribution in [0.25, 0.3) is 6.08 Å². The zero-order chi connectivity index (χ0) is 19.4. The number of anilines is 1. The van der Waals surface area contributed by atoms with Crippen molar-refractivity contribution < 1.29 is 28.5 Å². The molecule has 1 aliphatic heterocycles. The first-order chi connectivity index (χ1) is 13.0. The molecule has 3 rings (SSSR count). The molecular formula is C19H18N2O6. The molecule has 3 N–H and O–H groups in total. The lowest BCUT2D eigenvalue weighted by Crippen LogP contribution is -2.17. The van der Waals surface area contributed by atoms with Crippen LogP contribution in [0, 0.1) is 0 Å². The van der Waals surface area contributed by atoms with E-state index in [4.69, 9.17) is 24.7 Å². The molecule has 2 aromatic rings. The Morgan fingerprint density at radius 2 is 1.78 bits per heavy atom. The standard InChI is InChI=1S/C19H18N2O6/c1-24-15-8-12(19(20)23)13(9-16(15)25-2)21-18(22)6-4-11-3-5-14-17(7-11)27-10-26-14/h3-9H,10H2,1-2H3,(H2,20,23)(H,21,22)/b6-4+. The van der Waals surface area contributed by atoms with Gasteiger partial charge < -0.3 is 30.0 Å². The van der Waals surface area contributed by atoms with Crippen molar-refractivity contribution in [3.8, 4) is 23.0 Å². The molecule has 0 saturated heterocycles. The predicted octanol–water partition coefficient (Wildman–Crippen LogP) is 2.18. The van der Waals surface area contributed by atoms with Crippen LogP contribution in [-0.2, 0) is 4.79 Å². The molecular weight excluding hydrogens is 352 g/mol. The van der Waals surface area contributed by atoms with Gasteiger partial charge in [-0.3, -0.25) is 9.59 Å². The molecule has 2 amide bonds. The number of nitrogens with one attached hydrogen (secondary N) is 1. The van der Waals surface area contributed by atoms with E-state index < -0.39 is 11.8 Å². The summed E-state index contributed by atoms with van der Waals surface area (Å²) in [6.45, 7) is 0.179. The number of methoxy groups -OCH3 is 2. The van der Waals surface area contributed by atoms with E-state index in [1.807, 2.05) is 0 Å². The third kappa shape index (κ3) is 3.95. The second kappa shape index (κ2) is 7.69. The fourth-order valence-corrected chi connectivity index (χ4v) is 2.55. The largest absolute Gasteiger partial charge is 0.493 e. The lowest BCUT2D eigenvalue weighted by atomic mass is 10.1. The maximum Gasteiger partial charge on any atom is 0.250 e. The van der Waals surface area contributed by atoms with Crippen LogP contribution in [0.4, 0.5) is 5.69 Å². The fraction of sp³-hybridized carbons (Fsp3) is 0.158. The Bertz CT molecular complexity index is 923. The van der Waals surface area contributed by atoms with Crippen LogP contribution in [0.15, 0.2) is 36.4 Å². The molecule has 0 radical (unpaired) electrons. The first-order valence-electron chi connectivity index (χ1n) is 7.96. The number of fused-ring (bicyclic) bond motifs is 1. The van der Waals surface area contributed by atoms with Crippen LogP contribution in [0.2, 0.25) is 0 Å². The molecule has 1 aliphatic rings. The van der Waals surface area contributed by atoms with Crippen molar-refractivity contribution in [3.63, 3.8) is 0 Å². The number of carbonyl (C=O) groups excluding carboxylic acids is 2. The number of benzene rings is 2. The van der Waals surface area contributed by atoms with Crippen molar-refractivity contribution in [2.24, 2.45) is 5.73 Å². The highest BCUT2D eigenvalue weighted by Gasteiger charge is 2.16. The number of hydrogen-bond donors (Lipinski definition) is 2. The average Bonchev–Trinajstić information content (AvgIpc) is 3.13. The van der Waals surface area contributed by atoms with E-state index in [-0.39, 0.29) is 18.0 Å². The first-order valence-corrected chi connectivity index (χ1v) is 7.96. The van der Waals surface area contributed by atoms with Gasteiger partial charge in [0, 0.05) is 12.1 Å². The SMILES string of the molecule is COc1cc(NC(=O)/C=C/c2ccc3c(c2)OCO3)c(C(N)=O)cc1OC. The van der Waals surface area contributed by atoms with Crippen molar-refractivity contribution in [3.05, 3.63) is 47.5 Å². The van der Waals surface area contributed by atoms with E-state index in [0.717, 1.165) is 5.56 Å². The molecule has 8 nitrogen and oxygen atoms in total. The Hall–Kier alpha value is -3.68. The third-order valence-corrected chi connectivity index (χ3v) is 3.87. The van der Waals surface area contributed by atoms with Crippen LogP contribution in [-0.4, -0.2) is 32.8 Å². The minimum absolute atomic E-state index is 0.109. The summed E-state index contributed by atoms with van der Waals surface area (Å²) in [5.41, 5.74) is 6.48. The lowest BCUT2D eigenvalue weighted by molar-refractivity contribution is -0.111. The summed E-state index contributed by atoms with van der Waals surface area (Å²) in [6, 6.07) is 8.21. The molecule has 0 saturated carbocycles. The lowest BCUT2D eigenvalue weighted by Gasteiger charge is -2.13.